The fourth-order valence-electron chi connectivity index (χ4n) is 3.57. The number of carbonyl (C=O) groups is 1. The summed E-state index contributed by atoms with van der Waals surface area (Å²) in [5, 5.41) is 4.35. The average molecular weight is 278 g/mol. The van der Waals surface area contributed by atoms with Gasteiger partial charge in [0.05, 0.1) is 0 Å². The Morgan fingerprint density at radius 2 is 1.79 bits per heavy atom. The van der Waals surface area contributed by atoms with Crippen LogP contribution in [0.5, 0.6) is 0 Å². The number of hydrogen-bond acceptors (Lipinski definition) is 2. The van der Waals surface area contributed by atoms with Crippen LogP contribution in [0.3, 0.4) is 0 Å². The van der Waals surface area contributed by atoms with Crippen molar-refractivity contribution < 1.29 is 4.79 Å². The van der Waals surface area contributed by atoms with Crippen molar-refractivity contribution in [3.05, 3.63) is 34.9 Å². The van der Waals surface area contributed by atoms with Crippen molar-refractivity contribution in [2.45, 2.75) is 50.6 Å². The molecule has 1 aromatic rings. The summed E-state index contributed by atoms with van der Waals surface area (Å²) in [6, 6.07) is 8.96. The molecule has 0 aromatic heterocycles. The fourth-order valence-corrected chi connectivity index (χ4v) is 3.69. The highest BCUT2D eigenvalue weighted by atomic mass is 35.5. The molecule has 3 heteroatoms. The van der Waals surface area contributed by atoms with E-state index in [9.17, 15) is 4.79 Å². The van der Waals surface area contributed by atoms with Gasteiger partial charge in [0.1, 0.15) is 5.78 Å². The van der Waals surface area contributed by atoms with Gasteiger partial charge >= 0.3 is 0 Å². The van der Waals surface area contributed by atoms with Crippen molar-refractivity contribution in [1.82, 2.24) is 5.32 Å². The van der Waals surface area contributed by atoms with E-state index in [2.05, 4.69) is 5.32 Å². The zero-order valence-electron chi connectivity index (χ0n) is 11.1. The summed E-state index contributed by atoms with van der Waals surface area (Å²) in [5.74, 6) is 0.965. The van der Waals surface area contributed by atoms with E-state index in [-0.39, 0.29) is 0 Å². The molecule has 2 aliphatic heterocycles. The molecule has 2 bridgehead atoms. The highest BCUT2D eigenvalue weighted by Gasteiger charge is 2.33. The smallest absolute Gasteiger partial charge is 0.137 e. The summed E-state index contributed by atoms with van der Waals surface area (Å²) >= 11 is 5.85. The van der Waals surface area contributed by atoms with Crippen molar-refractivity contribution in [3.63, 3.8) is 0 Å². The quantitative estimate of drug-likeness (QED) is 0.914. The first-order chi connectivity index (χ1) is 9.19. The van der Waals surface area contributed by atoms with Crippen molar-refractivity contribution >= 4 is 17.4 Å². The maximum atomic E-state index is 12.1. The van der Waals surface area contributed by atoms with E-state index in [0.717, 1.165) is 17.0 Å². The lowest BCUT2D eigenvalue weighted by molar-refractivity contribution is -0.119. The molecule has 2 aliphatic rings. The summed E-state index contributed by atoms with van der Waals surface area (Å²) in [4.78, 5) is 12.1. The Kier molecular flexibility index (Phi) is 3.90. The van der Waals surface area contributed by atoms with Gasteiger partial charge in [-0.15, -0.1) is 0 Å². The predicted molar refractivity (Wildman–Crippen MR) is 77.4 cm³/mol. The molecule has 0 amide bonds. The number of hydrogen-bond donors (Lipinski definition) is 1. The monoisotopic (exact) mass is 277 g/mol. The lowest BCUT2D eigenvalue weighted by atomic mass is 9.87. The number of ketones is 1. The topological polar surface area (TPSA) is 29.1 Å². The summed E-state index contributed by atoms with van der Waals surface area (Å²) in [6.07, 6.45) is 6.26. The van der Waals surface area contributed by atoms with Gasteiger partial charge in [-0.3, -0.25) is 4.79 Å². The highest BCUT2D eigenvalue weighted by Crippen LogP contribution is 2.32. The van der Waals surface area contributed by atoms with Crippen LogP contribution >= 0.6 is 11.6 Å². The molecule has 2 atom stereocenters. The Balaban J connectivity index is 1.52. The second-order valence-corrected chi connectivity index (χ2v) is 6.46. The number of fused-ring (bicyclic) bond motifs is 2. The molecule has 0 radical (unpaired) electrons. The molecule has 3 rings (SSSR count). The summed E-state index contributed by atoms with van der Waals surface area (Å²) < 4.78 is 0. The maximum absolute atomic E-state index is 12.1. The molecule has 0 spiro atoms. The van der Waals surface area contributed by atoms with E-state index in [4.69, 9.17) is 11.6 Å². The molecule has 2 fully saturated rings. The lowest BCUT2D eigenvalue weighted by Gasteiger charge is -2.28. The van der Waals surface area contributed by atoms with Crippen LogP contribution in [-0.4, -0.2) is 17.9 Å². The molecule has 2 nitrogen and oxygen atoms in total. The molecule has 2 saturated heterocycles. The van der Waals surface area contributed by atoms with E-state index in [1.54, 1.807) is 0 Å². The minimum Gasteiger partial charge on any atom is -0.311 e. The van der Waals surface area contributed by atoms with Gasteiger partial charge in [-0.05, 0) is 49.3 Å². The van der Waals surface area contributed by atoms with Crippen molar-refractivity contribution in [1.29, 1.82) is 0 Å². The molecule has 102 valence electrons. The first-order valence-electron chi connectivity index (χ1n) is 7.21. The largest absolute Gasteiger partial charge is 0.311 e. The van der Waals surface area contributed by atoms with Crippen LogP contribution in [0.2, 0.25) is 5.02 Å². The highest BCUT2D eigenvalue weighted by molar-refractivity contribution is 6.30. The molecular formula is C16H20ClNO. The van der Waals surface area contributed by atoms with Crippen molar-refractivity contribution in [2.75, 3.05) is 0 Å². The number of rotatable bonds is 4. The normalized spacial score (nSPS) is 29.4. The van der Waals surface area contributed by atoms with E-state index in [1.807, 2.05) is 24.3 Å². The number of halogens is 1. The number of Topliss-reactive ketones (excluding diaryl/α,β-unsaturated/α-hetero) is 1. The Morgan fingerprint density at radius 3 is 2.42 bits per heavy atom. The van der Waals surface area contributed by atoms with Gasteiger partial charge in [0.2, 0.25) is 0 Å². The van der Waals surface area contributed by atoms with Crippen molar-refractivity contribution in [2.24, 2.45) is 5.92 Å². The molecule has 0 saturated carbocycles. The number of nitrogens with one attached hydrogen (secondary N) is 1. The maximum Gasteiger partial charge on any atom is 0.137 e. The number of carbonyl (C=O) groups excluding carboxylic acids is 1. The van der Waals surface area contributed by atoms with Gasteiger partial charge in [-0.25, -0.2) is 0 Å². The van der Waals surface area contributed by atoms with Gasteiger partial charge in [0.25, 0.3) is 0 Å². The van der Waals surface area contributed by atoms with E-state index in [1.165, 1.54) is 25.7 Å². The van der Waals surface area contributed by atoms with Crippen LogP contribution in [0.25, 0.3) is 0 Å². The van der Waals surface area contributed by atoms with Crippen LogP contribution in [0.1, 0.15) is 37.7 Å². The minimum absolute atomic E-state index is 0.369. The average Bonchev–Trinajstić information content (AvgIpc) is 2.72. The predicted octanol–water partition coefficient (Wildman–Crippen LogP) is 3.37. The van der Waals surface area contributed by atoms with E-state index in [0.29, 0.717) is 30.2 Å². The lowest BCUT2D eigenvalue weighted by Crippen LogP contribution is -2.38. The molecule has 1 N–H and O–H groups in total. The zero-order chi connectivity index (χ0) is 13.2. The van der Waals surface area contributed by atoms with Gasteiger partial charge < -0.3 is 5.32 Å². The Morgan fingerprint density at radius 1 is 1.16 bits per heavy atom. The van der Waals surface area contributed by atoms with Crippen LogP contribution in [-0.2, 0) is 11.2 Å². The molecule has 1 aromatic carbocycles. The molecular weight excluding hydrogens is 258 g/mol. The first-order valence-corrected chi connectivity index (χ1v) is 7.59. The number of piperidine rings is 1. The van der Waals surface area contributed by atoms with Gasteiger partial charge in [0.15, 0.2) is 0 Å². The second kappa shape index (κ2) is 5.64. The molecule has 19 heavy (non-hydrogen) atoms. The van der Waals surface area contributed by atoms with Crippen LogP contribution in [0, 0.1) is 5.92 Å². The van der Waals surface area contributed by atoms with Gasteiger partial charge in [-0.2, -0.15) is 0 Å². The SMILES string of the molecule is O=C(Cc1ccc(Cl)cc1)CC1CC2CCC(C1)N2. The minimum atomic E-state index is 0.369. The Hall–Kier alpha value is -0.860. The molecule has 2 unspecified atom stereocenters. The van der Waals surface area contributed by atoms with Crippen molar-refractivity contribution in [3.8, 4) is 0 Å². The summed E-state index contributed by atoms with van der Waals surface area (Å²) in [7, 11) is 0. The van der Waals surface area contributed by atoms with Crippen LogP contribution < -0.4 is 5.32 Å². The van der Waals surface area contributed by atoms with E-state index >= 15 is 0 Å². The standard InChI is InChI=1S/C16H20ClNO/c17-13-3-1-11(2-4-13)9-16(19)10-12-7-14-5-6-15(8-12)18-14/h1-4,12,14-15,18H,5-10H2. The third-order valence-electron chi connectivity index (χ3n) is 4.40. The van der Waals surface area contributed by atoms with Gasteiger partial charge in [-0.1, -0.05) is 23.7 Å². The third-order valence-corrected chi connectivity index (χ3v) is 4.65. The fraction of sp³-hybridized carbons (Fsp3) is 0.562. The molecule has 0 aliphatic carbocycles. The number of benzene rings is 1. The Bertz CT molecular complexity index is 444. The van der Waals surface area contributed by atoms with Gasteiger partial charge in [0, 0.05) is 29.9 Å². The van der Waals surface area contributed by atoms with Crippen LogP contribution in [0.15, 0.2) is 24.3 Å². The summed E-state index contributed by atoms with van der Waals surface area (Å²) in [6.45, 7) is 0. The second-order valence-electron chi connectivity index (χ2n) is 6.02. The Labute approximate surface area is 119 Å². The summed E-state index contributed by atoms with van der Waals surface area (Å²) in [5.41, 5.74) is 1.08. The first kappa shape index (κ1) is 13.1. The zero-order valence-corrected chi connectivity index (χ0v) is 11.8. The van der Waals surface area contributed by atoms with E-state index < -0.39 is 0 Å². The third kappa shape index (κ3) is 3.37. The molecule has 2 heterocycles. The van der Waals surface area contributed by atoms with Crippen LogP contribution in [0.4, 0.5) is 0 Å².